The van der Waals surface area contributed by atoms with Crippen LogP contribution in [0.25, 0.3) is 10.8 Å². The van der Waals surface area contributed by atoms with E-state index in [9.17, 15) is 5.11 Å². The van der Waals surface area contributed by atoms with E-state index in [1.54, 1.807) is 12.1 Å². The molecule has 2 aromatic rings. The summed E-state index contributed by atoms with van der Waals surface area (Å²) in [4.78, 5) is 0. The molecule has 0 aliphatic carbocycles. The van der Waals surface area contributed by atoms with Crippen LogP contribution in [0.2, 0.25) is 0 Å². The Morgan fingerprint density at radius 2 is 1.56 bits per heavy atom. The zero-order valence-electron chi connectivity index (χ0n) is 10.5. The van der Waals surface area contributed by atoms with Crippen LogP contribution >= 0.6 is 0 Å². The maximum absolute atomic E-state index is 9.44. The van der Waals surface area contributed by atoms with E-state index in [2.05, 4.69) is 0 Å². The minimum absolute atomic E-state index is 0.278. The molecule has 0 saturated heterocycles. The summed E-state index contributed by atoms with van der Waals surface area (Å²) in [5.41, 5.74) is 6.25. The number of fused-ring (bicyclic) bond motifs is 1. The zero-order chi connectivity index (χ0) is 12.6. The Bertz CT molecular complexity index is 424. The highest BCUT2D eigenvalue weighted by atomic mass is 16.3. The molecule has 0 spiro atoms. The van der Waals surface area contributed by atoms with Gasteiger partial charge in [-0.05, 0) is 23.6 Å². The van der Waals surface area contributed by atoms with Crippen LogP contribution in [-0.2, 0) is 0 Å². The van der Waals surface area contributed by atoms with Gasteiger partial charge in [0.25, 0.3) is 0 Å². The number of hydrogen-bond acceptors (Lipinski definition) is 2. The van der Waals surface area contributed by atoms with Gasteiger partial charge in [-0.15, -0.1) is 0 Å². The summed E-state index contributed by atoms with van der Waals surface area (Å²) >= 11 is 0. The van der Waals surface area contributed by atoms with Gasteiger partial charge in [0.05, 0.1) is 0 Å². The molecule has 0 saturated carbocycles. The monoisotopic (exact) mass is 219 g/mol. The second-order valence-electron chi connectivity index (χ2n) is 2.76. The summed E-state index contributed by atoms with van der Waals surface area (Å²) < 4.78 is 0. The van der Waals surface area contributed by atoms with E-state index in [0.29, 0.717) is 5.69 Å². The zero-order valence-corrected chi connectivity index (χ0v) is 10.5. The molecule has 0 aliphatic rings. The third-order valence-electron chi connectivity index (χ3n) is 1.88. The summed E-state index contributed by atoms with van der Waals surface area (Å²) in [7, 11) is 0. The highest BCUT2D eigenvalue weighted by Crippen LogP contribution is 2.25. The summed E-state index contributed by atoms with van der Waals surface area (Å²) in [6, 6.07) is 10.9. The highest BCUT2D eigenvalue weighted by Gasteiger charge is 1.97. The average Bonchev–Trinajstić information content (AvgIpc) is 2.35. The van der Waals surface area contributed by atoms with Crippen molar-refractivity contribution in [2.45, 2.75) is 27.7 Å². The van der Waals surface area contributed by atoms with Crippen LogP contribution in [-0.4, -0.2) is 5.11 Å². The molecule has 0 heterocycles. The largest absolute Gasteiger partial charge is 0.507 e. The lowest BCUT2D eigenvalue weighted by Gasteiger charge is -2.00. The molecule has 2 heteroatoms. The number of anilines is 1. The molecule has 2 nitrogen and oxygen atoms in total. The molecule has 0 aromatic heterocycles. The maximum atomic E-state index is 9.44. The van der Waals surface area contributed by atoms with E-state index in [-0.39, 0.29) is 5.75 Å². The van der Waals surface area contributed by atoms with Crippen LogP contribution in [0.3, 0.4) is 0 Å². The molecule has 3 N–H and O–H groups in total. The van der Waals surface area contributed by atoms with Crippen molar-refractivity contribution in [3.8, 4) is 5.75 Å². The Balaban J connectivity index is 0.000000509. The molecule has 0 unspecified atom stereocenters. The van der Waals surface area contributed by atoms with Crippen molar-refractivity contribution in [3.63, 3.8) is 0 Å². The van der Waals surface area contributed by atoms with Crippen LogP contribution in [0.4, 0.5) is 5.69 Å². The maximum Gasteiger partial charge on any atom is 0.123 e. The van der Waals surface area contributed by atoms with E-state index in [1.165, 1.54) is 0 Å². The van der Waals surface area contributed by atoms with Gasteiger partial charge in [0.15, 0.2) is 0 Å². The summed E-state index contributed by atoms with van der Waals surface area (Å²) in [5, 5.41) is 11.2. The first-order valence-corrected chi connectivity index (χ1v) is 5.74. The third kappa shape index (κ3) is 3.46. The molecular formula is C14H21NO. The first-order valence-electron chi connectivity index (χ1n) is 5.74. The lowest BCUT2D eigenvalue weighted by Crippen LogP contribution is -1.83. The Morgan fingerprint density at radius 3 is 2.19 bits per heavy atom. The Hall–Kier alpha value is -1.70. The van der Waals surface area contributed by atoms with Gasteiger partial charge in [0.1, 0.15) is 5.75 Å². The third-order valence-corrected chi connectivity index (χ3v) is 1.88. The van der Waals surface area contributed by atoms with Gasteiger partial charge in [-0.3, -0.25) is 0 Å². The number of phenols is 1. The fourth-order valence-electron chi connectivity index (χ4n) is 1.27. The number of aromatic hydroxyl groups is 1. The molecule has 0 fully saturated rings. The summed E-state index contributed by atoms with van der Waals surface area (Å²) in [5.74, 6) is 0.278. The van der Waals surface area contributed by atoms with Crippen LogP contribution in [0.15, 0.2) is 36.4 Å². The van der Waals surface area contributed by atoms with Crippen molar-refractivity contribution in [2.24, 2.45) is 0 Å². The standard InChI is InChI=1S/C10H9NO.2C2H6/c11-8-5-4-7-2-1-3-10(12)9(7)6-8;2*1-2/h1-6,12H,11H2;2*1-2H3. The minimum Gasteiger partial charge on any atom is -0.507 e. The predicted molar refractivity (Wildman–Crippen MR) is 72.7 cm³/mol. The van der Waals surface area contributed by atoms with Gasteiger partial charge in [-0.1, -0.05) is 45.9 Å². The van der Waals surface area contributed by atoms with Crippen molar-refractivity contribution in [3.05, 3.63) is 36.4 Å². The molecule has 2 rings (SSSR count). The van der Waals surface area contributed by atoms with E-state index >= 15 is 0 Å². The van der Waals surface area contributed by atoms with Crippen LogP contribution in [0.5, 0.6) is 5.75 Å². The molecule has 0 bridgehead atoms. The Labute approximate surface area is 97.7 Å². The van der Waals surface area contributed by atoms with Crippen molar-refractivity contribution in [1.82, 2.24) is 0 Å². The second kappa shape index (κ2) is 7.57. The van der Waals surface area contributed by atoms with Crippen LogP contribution < -0.4 is 5.73 Å². The fourth-order valence-corrected chi connectivity index (χ4v) is 1.27. The lowest BCUT2D eigenvalue weighted by atomic mass is 10.1. The van der Waals surface area contributed by atoms with Gasteiger partial charge in [0, 0.05) is 11.1 Å². The molecular weight excluding hydrogens is 198 g/mol. The number of rotatable bonds is 0. The number of nitrogens with two attached hydrogens (primary N) is 1. The van der Waals surface area contributed by atoms with Gasteiger partial charge < -0.3 is 10.8 Å². The van der Waals surface area contributed by atoms with Gasteiger partial charge >= 0.3 is 0 Å². The molecule has 16 heavy (non-hydrogen) atoms. The smallest absolute Gasteiger partial charge is 0.123 e. The molecule has 88 valence electrons. The predicted octanol–water partition coefficient (Wildman–Crippen LogP) is 4.18. The lowest BCUT2D eigenvalue weighted by molar-refractivity contribution is 0.481. The number of hydrogen-bond donors (Lipinski definition) is 2. The normalized spacial score (nSPS) is 8.50. The average molecular weight is 219 g/mol. The van der Waals surface area contributed by atoms with E-state index in [4.69, 9.17) is 5.73 Å². The van der Waals surface area contributed by atoms with Crippen LogP contribution in [0, 0.1) is 0 Å². The van der Waals surface area contributed by atoms with Crippen LogP contribution in [0.1, 0.15) is 27.7 Å². The van der Waals surface area contributed by atoms with E-state index in [1.807, 2.05) is 52.0 Å². The van der Waals surface area contributed by atoms with Crippen molar-refractivity contribution >= 4 is 16.5 Å². The van der Waals surface area contributed by atoms with Crippen molar-refractivity contribution in [1.29, 1.82) is 0 Å². The quantitative estimate of drug-likeness (QED) is 0.653. The van der Waals surface area contributed by atoms with Crippen molar-refractivity contribution < 1.29 is 5.11 Å². The van der Waals surface area contributed by atoms with E-state index in [0.717, 1.165) is 10.8 Å². The number of phenolic OH excluding ortho intramolecular Hbond substituents is 1. The molecule has 0 atom stereocenters. The number of benzene rings is 2. The van der Waals surface area contributed by atoms with Gasteiger partial charge in [-0.2, -0.15) is 0 Å². The van der Waals surface area contributed by atoms with E-state index < -0.39 is 0 Å². The molecule has 0 amide bonds. The summed E-state index contributed by atoms with van der Waals surface area (Å²) in [6.07, 6.45) is 0. The van der Waals surface area contributed by atoms with Crippen molar-refractivity contribution in [2.75, 3.05) is 5.73 Å². The summed E-state index contributed by atoms with van der Waals surface area (Å²) in [6.45, 7) is 8.00. The fraction of sp³-hybridized carbons (Fsp3) is 0.286. The minimum atomic E-state index is 0.278. The Morgan fingerprint density at radius 1 is 0.938 bits per heavy atom. The topological polar surface area (TPSA) is 46.2 Å². The second-order valence-corrected chi connectivity index (χ2v) is 2.76. The molecule has 0 aliphatic heterocycles. The highest BCUT2D eigenvalue weighted by molar-refractivity contribution is 5.90. The first-order chi connectivity index (χ1) is 7.77. The SMILES string of the molecule is CC.CC.Nc1ccc2cccc(O)c2c1. The van der Waals surface area contributed by atoms with Gasteiger partial charge in [-0.25, -0.2) is 0 Å². The molecule has 0 radical (unpaired) electrons. The Kier molecular flexibility index (Phi) is 6.77. The van der Waals surface area contributed by atoms with Gasteiger partial charge in [0.2, 0.25) is 0 Å². The molecule has 2 aromatic carbocycles. The first kappa shape index (κ1) is 14.3. The number of nitrogen functional groups attached to an aromatic ring is 1.